The minimum atomic E-state index is -0.415. The van der Waals surface area contributed by atoms with Crippen LogP contribution in [0.4, 0.5) is 0 Å². The van der Waals surface area contributed by atoms with Crippen LogP contribution < -0.4 is 4.74 Å². The van der Waals surface area contributed by atoms with Gasteiger partial charge in [0.2, 0.25) is 5.76 Å². The highest BCUT2D eigenvalue weighted by Crippen LogP contribution is 2.34. The van der Waals surface area contributed by atoms with E-state index in [1.165, 1.54) is 0 Å². The van der Waals surface area contributed by atoms with E-state index in [4.69, 9.17) is 13.9 Å². The van der Waals surface area contributed by atoms with Crippen molar-refractivity contribution in [2.75, 3.05) is 13.7 Å². The fourth-order valence-electron chi connectivity index (χ4n) is 2.15. The molecule has 0 fully saturated rings. The highest BCUT2D eigenvalue weighted by Gasteiger charge is 2.23. The van der Waals surface area contributed by atoms with Gasteiger partial charge in [0.1, 0.15) is 11.3 Å². The number of benzene rings is 1. The lowest BCUT2D eigenvalue weighted by molar-refractivity contribution is 0.0490. The van der Waals surface area contributed by atoms with Gasteiger partial charge in [-0.1, -0.05) is 13.8 Å². The first-order valence-electron chi connectivity index (χ1n) is 6.36. The Hall–Kier alpha value is -1.97. The van der Waals surface area contributed by atoms with Crippen LogP contribution in [0.3, 0.4) is 0 Å². The fraction of sp³-hybridized carbons (Fsp3) is 0.400. The predicted molar refractivity (Wildman–Crippen MR) is 72.8 cm³/mol. The third-order valence-corrected chi connectivity index (χ3v) is 2.97. The Kier molecular flexibility index (Phi) is 3.79. The molecule has 1 aromatic heterocycles. The first-order valence-corrected chi connectivity index (χ1v) is 6.36. The van der Waals surface area contributed by atoms with E-state index in [1.54, 1.807) is 20.1 Å². The topological polar surface area (TPSA) is 48.7 Å². The minimum absolute atomic E-state index is 0.175. The largest absolute Gasteiger partial charge is 0.497 e. The van der Waals surface area contributed by atoms with Crippen LogP contribution in [0.2, 0.25) is 0 Å². The third kappa shape index (κ3) is 2.43. The van der Waals surface area contributed by atoms with Gasteiger partial charge in [-0.2, -0.15) is 0 Å². The van der Waals surface area contributed by atoms with E-state index in [0.29, 0.717) is 23.7 Å². The summed E-state index contributed by atoms with van der Waals surface area (Å²) < 4.78 is 15.9. The minimum Gasteiger partial charge on any atom is -0.497 e. The SMILES string of the molecule is CCOC(=O)c1oc2cc(OC)ccc2c1C(C)C. The molecule has 0 aliphatic rings. The molecule has 4 nitrogen and oxygen atoms in total. The van der Waals surface area contributed by atoms with Crippen LogP contribution >= 0.6 is 0 Å². The van der Waals surface area contributed by atoms with Crippen molar-refractivity contribution >= 4 is 16.9 Å². The molecule has 0 radical (unpaired) electrons. The van der Waals surface area contributed by atoms with Crippen molar-refractivity contribution in [1.29, 1.82) is 0 Å². The molecule has 0 saturated heterocycles. The number of furan rings is 1. The lowest BCUT2D eigenvalue weighted by Crippen LogP contribution is -2.06. The van der Waals surface area contributed by atoms with Crippen molar-refractivity contribution < 1.29 is 18.7 Å². The molecule has 102 valence electrons. The van der Waals surface area contributed by atoms with E-state index in [-0.39, 0.29) is 5.92 Å². The normalized spacial score (nSPS) is 11.0. The first kappa shape index (κ1) is 13.5. The molecule has 0 aliphatic heterocycles. The van der Waals surface area contributed by atoms with Gasteiger partial charge in [0.25, 0.3) is 0 Å². The molecule has 1 aromatic carbocycles. The Morgan fingerprint density at radius 2 is 2.11 bits per heavy atom. The van der Waals surface area contributed by atoms with Crippen molar-refractivity contribution in [2.24, 2.45) is 0 Å². The summed E-state index contributed by atoms with van der Waals surface area (Å²) in [5, 5.41) is 0.929. The van der Waals surface area contributed by atoms with Crippen molar-refractivity contribution in [1.82, 2.24) is 0 Å². The van der Waals surface area contributed by atoms with Crippen molar-refractivity contribution in [3.05, 3.63) is 29.5 Å². The second-order valence-electron chi connectivity index (χ2n) is 4.58. The average Bonchev–Trinajstić information content (AvgIpc) is 2.77. The van der Waals surface area contributed by atoms with Crippen LogP contribution in [0.5, 0.6) is 5.75 Å². The lowest BCUT2D eigenvalue weighted by Gasteiger charge is -2.05. The second-order valence-corrected chi connectivity index (χ2v) is 4.58. The van der Waals surface area contributed by atoms with E-state index < -0.39 is 5.97 Å². The molecular formula is C15H18O4. The predicted octanol–water partition coefficient (Wildman–Crippen LogP) is 3.74. The molecule has 0 atom stereocenters. The molecule has 1 heterocycles. The molecule has 4 heteroatoms. The second kappa shape index (κ2) is 5.34. The van der Waals surface area contributed by atoms with Gasteiger partial charge in [0.05, 0.1) is 13.7 Å². The number of esters is 1. The molecule has 2 aromatic rings. The zero-order valence-corrected chi connectivity index (χ0v) is 11.6. The van der Waals surface area contributed by atoms with Gasteiger partial charge in [0.15, 0.2) is 0 Å². The molecular weight excluding hydrogens is 244 g/mol. The quantitative estimate of drug-likeness (QED) is 0.787. The van der Waals surface area contributed by atoms with E-state index in [0.717, 1.165) is 10.9 Å². The van der Waals surface area contributed by atoms with Gasteiger partial charge in [-0.15, -0.1) is 0 Å². The molecule has 0 saturated carbocycles. The summed E-state index contributed by atoms with van der Waals surface area (Å²) >= 11 is 0. The molecule has 0 amide bonds. The Balaban J connectivity index is 2.62. The molecule has 0 aliphatic carbocycles. The molecule has 0 bridgehead atoms. The summed E-state index contributed by atoms with van der Waals surface area (Å²) in [7, 11) is 1.60. The van der Waals surface area contributed by atoms with Crippen LogP contribution in [0, 0.1) is 0 Å². The van der Waals surface area contributed by atoms with E-state index in [1.807, 2.05) is 26.0 Å². The Morgan fingerprint density at radius 1 is 1.37 bits per heavy atom. The summed E-state index contributed by atoms with van der Waals surface area (Å²) in [5.41, 5.74) is 1.53. The third-order valence-electron chi connectivity index (χ3n) is 2.97. The van der Waals surface area contributed by atoms with E-state index in [9.17, 15) is 4.79 Å². The molecule has 0 N–H and O–H groups in total. The Morgan fingerprint density at radius 3 is 2.68 bits per heavy atom. The zero-order valence-electron chi connectivity index (χ0n) is 11.6. The number of rotatable bonds is 4. The van der Waals surface area contributed by atoms with Gasteiger partial charge in [-0.05, 0) is 25.0 Å². The van der Waals surface area contributed by atoms with Gasteiger partial charge in [-0.3, -0.25) is 0 Å². The van der Waals surface area contributed by atoms with Crippen molar-refractivity contribution in [2.45, 2.75) is 26.7 Å². The van der Waals surface area contributed by atoms with Crippen molar-refractivity contribution in [3.8, 4) is 5.75 Å². The van der Waals surface area contributed by atoms with Crippen LogP contribution in [0.15, 0.2) is 22.6 Å². The van der Waals surface area contributed by atoms with Crippen LogP contribution in [0.25, 0.3) is 11.0 Å². The monoisotopic (exact) mass is 262 g/mol. The Bertz CT molecular complexity index is 595. The summed E-state index contributed by atoms with van der Waals surface area (Å²) in [6, 6.07) is 5.55. The van der Waals surface area contributed by atoms with E-state index >= 15 is 0 Å². The number of fused-ring (bicyclic) bond motifs is 1. The van der Waals surface area contributed by atoms with Gasteiger partial charge in [0, 0.05) is 17.0 Å². The first-order chi connectivity index (χ1) is 9.08. The van der Waals surface area contributed by atoms with Crippen LogP contribution in [-0.4, -0.2) is 19.7 Å². The zero-order chi connectivity index (χ0) is 14.0. The standard InChI is InChI=1S/C15H18O4/c1-5-18-15(16)14-13(9(2)3)11-7-6-10(17-4)8-12(11)19-14/h6-9H,5H2,1-4H3. The summed E-state index contributed by atoms with van der Waals surface area (Å²) in [6.07, 6.45) is 0. The maximum absolute atomic E-state index is 11.9. The maximum Gasteiger partial charge on any atom is 0.374 e. The average molecular weight is 262 g/mol. The van der Waals surface area contributed by atoms with Crippen LogP contribution in [-0.2, 0) is 4.74 Å². The highest BCUT2D eigenvalue weighted by molar-refractivity contribution is 5.96. The summed E-state index contributed by atoms with van der Waals surface area (Å²) in [4.78, 5) is 11.9. The molecule has 19 heavy (non-hydrogen) atoms. The smallest absolute Gasteiger partial charge is 0.374 e. The van der Waals surface area contributed by atoms with Crippen molar-refractivity contribution in [3.63, 3.8) is 0 Å². The number of ether oxygens (including phenoxy) is 2. The number of hydrogen-bond acceptors (Lipinski definition) is 4. The molecule has 0 unspecified atom stereocenters. The van der Waals surface area contributed by atoms with E-state index in [2.05, 4.69) is 0 Å². The van der Waals surface area contributed by atoms with Gasteiger partial charge in [-0.25, -0.2) is 4.79 Å². The maximum atomic E-state index is 11.9. The summed E-state index contributed by atoms with van der Waals surface area (Å²) in [6.45, 7) is 6.16. The fourth-order valence-corrected chi connectivity index (χ4v) is 2.15. The van der Waals surface area contributed by atoms with Gasteiger partial charge < -0.3 is 13.9 Å². The molecule has 2 rings (SSSR count). The number of hydrogen-bond donors (Lipinski definition) is 0. The number of carbonyl (C=O) groups excluding carboxylic acids is 1. The lowest BCUT2D eigenvalue weighted by atomic mass is 9.99. The summed E-state index contributed by atoms with van der Waals surface area (Å²) in [5.74, 6) is 0.752. The number of methoxy groups -OCH3 is 1. The number of carbonyl (C=O) groups is 1. The van der Waals surface area contributed by atoms with Crippen LogP contribution in [0.1, 0.15) is 42.8 Å². The Labute approximate surface area is 112 Å². The molecule has 0 spiro atoms. The van der Waals surface area contributed by atoms with Gasteiger partial charge >= 0.3 is 5.97 Å². The highest BCUT2D eigenvalue weighted by atomic mass is 16.5.